The van der Waals surface area contributed by atoms with Gasteiger partial charge in [0.1, 0.15) is 11.5 Å². The maximum Gasteiger partial charge on any atom is 0.193 e. The molecule has 4 nitrogen and oxygen atoms in total. The first-order valence-electron chi connectivity index (χ1n) is 5.93. The zero-order chi connectivity index (χ0) is 13.8. The third-order valence-corrected chi connectivity index (χ3v) is 7.68. The molecule has 1 rings (SSSR count). The molecule has 0 amide bonds. The minimum atomic E-state index is -1.71. The van der Waals surface area contributed by atoms with E-state index in [0.29, 0.717) is 18.1 Å². The van der Waals surface area contributed by atoms with Crippen molar-refractivity contribution >= 4 is 14.1 Å². The zero-order valence-corrected chi connectivity index (χ0v) is 12.7. The summed E-state index contributed by atoms with van der Waals surface area (Å²) >= 11 is 0. The first-order chi connectivity index (χ1) is 8.22. The smallest absolute Gasteiger partial charge is 0.193 e. The predicted molar refractivity (Wildman–Crippen MR) is 76.5 cm³/mol. The summed E-state index contributed by atoms with van der Waals surface area (Å²) in [5.74, 6) is 6.28. The van der Waals surface area contributed by atoms with Crippen LogP contribution in [0.25, 0.3) is 0 Å². The van der Waals surface area contributed by atoms with E-state index in [-0.39, 0.29) is 5.04 Å². The molecular formula is C13H21N3OSi. The van der Waals surface area contributed by atoms with Crippen molar-refractivity contribution in [3.63, 3.8) is 0 Å². The van der Waals surface area contributed by atoms with Gasteiger partial charge in [0.05, 0.1) is 19.0 Å². The Morgan fingerprint density at radius 3 is 2.44 bits per heavy atom. The SMILES string of the molecule is CC(C)(C)[Si](C)(C)OCC#Cc1cnc(N)cn1. The largest absolute Gasteiger partial charge is 0.406 e. The van der Waals surface area contributed by atoms with E-state index in [4.69, 9.17) is 10.2 Å². The molecule has 0 aliphatic heterocycles. The summed E-state index contributed by atoms with van der Waals surface area (Å²) in [6.07, 6.45) is 3.06. The van der Waals surface area contributed by atoms with Crippen molar-refractivity contribution < 1.29 is 4.43 Å². The lowest BCUT2D eigenvalue weighted by molar-refractivity contribution is 0.334. The number of hydrogen-bond donors (Lipinski definition) is 1. The Morgan fingerprint density at radius 1 is 1.28 bits per heavy atom. The summed E-state index contributed by atoms with van der Waals surface area (Å²) < 4.78 is 5.93. The highest BCUT2D eigenvalue weighted by atomic mass is 28.4. The van der Waals surface area contributed by atoms with Gasteiger partial charge in [-0.15, -0.1) is 0 Å². The van der Waals surface area contributed by atoms with Gasteiger partial charge in [-0.3, -0.25) is 0 Å². The molecule has 1 heterocycles. The van der Waals surface area contributed by atoms with Gasteiger partial charge < -0.3 is 10.2 Å². The second-order valence-corrected chi connectivity index (χ2v) is 10.5. The van der Waals surface area contributed by atoms with Crippen molar-refractivity contribution in [3.05, 3.63) is 18.1 Å². The third kappa shape index (κ3) is 4.13. The summed E-state index contributed by atoms with van der Waals surface area (Å²) in [5.41, 5.74) is 6.06. The molecule has 98 valence electrons. The van der Waals surface area contributed by atoms with Crippen molar-refractivity contribution in [2.75, 3.05) is 12.3 Å². The molecule has 0 aromatic carbocycles. The van der Waals surface area contributed by atoms with Crippen LogP contribution in [0.2, 0.25) is 18.1 Å². The van der Waals surface area contributed by atoms with E-state index in [1.54, 1.807) is 6.20 Å². The van der Waals surface area contributed by atoms with Gasteiger partial charge in [0.15, 0.2) is 8.32 Å². The quantitative estimate of drug-likeness (QED) is 0.657. The highest BCUT2D eigenvalue weighted by Crippen LogP contribution is 2.36. The Bertz CT molecular complexity index is 452. The minimum absolute atomic E-state index is 0.204. The lowest BCUT2D eigenvalue weighted by Crippen LogP contribution is -2.40. The Balaban J connectivity index is 2.55. The molecule has 0 fully saturated rings. The zero-order valence-electron chi connectivity index (χ0n) is 11.7. The van der Waals surface area contributed by atoms with E-state index in [1.807, 2.05) is 0 Å². The molecule has 0 saturated carbocycles. The van der Waals surface area contributed by atoms with Crippen LogP contribution in [0, 0.1) is 11.8 Å². The van der Waals surface area contributed by atoms with Crippen LogP contribution in [0.3, 0.4) is 0 Å². The van der Waals surface area contributed by atoms with Crippen LogP contribution >= 0.6 is 0 Å². The molecule has 1 aromatic heterocycles. The van der Waals surface area contributed by atoms with Crippen LogP contribution in [0.15, 0.2) is 12.4 Å². The summed E-state index contributed by atoms with van der Waals surface area (Å²) in [6, 6.07) is 0. The number of nitrogen functional groups attached to an aromatic ring is 1. The van der Waals surface area contributed by atoms with Crippen molar-refractivity contribution in [3.8, 4) is 11.8 Å². The average Bonchev–Trinajstić information content (AvgIpc) is 2.25. The van der Waals surface area contributed by atoms with Gasteiger partial charge in [-0.25, -0.2) is 9.97 Å². The molecule has 0 aliphatic rings. The maximum atomic E-state index is 5.93. The number of anilines is 1. The highest BCUT2D eigenvalue weighted by Gasteiger charge is 2.36. The second kappa shape index (κ2) is 5.51. The molecule has 0 spiro atoms. The monoisotopic (exact) mass is 263 g/mol. The second-order valence-electron chi connectivity index (χ2n) is 5.68. The Hall–Kier alpha value is -1.38. The van der Waals surface area contributed by atoms with Crippen molar-refractivity contribution in [2.45, 2.75) is 38.9 Å². The van der Waals surface area contributed by atoms with E-state index >= 15 is 0 Å². The summed E-state index contributed by atoms with van der Waals surface area (Å²) in [5, 5.41) is 0.204. The Kier molecular flexibility index (Phi) is 4.49. The Morgan fingerprint density at radius 2 is 1.94 bits per heavy atom. The molecule has 18 heavy (non-hydrogen) atoms. The van der Waals surface area contributed by atoms with Gasteiger partial charge in [0.25, 0.3) is 0 Å². The van der Waals surface area contributed by atoms with Crippen LogP contribution in [-0.2, 0) is 4.43 Å². The van der Waals surface area contributed by atoms with Gasteiger partial charge in [0, 0.05) is 0 Å². The van der Waals surface area contributed by atoms with Gasteiger partial charge in [-0.2, -0.15) is 0 Å². The Labute approximate surface area is 110 Å². The van der Waals surface area contributed by atoms with Crippen molar-refractivity contribution in [1.82, 2.24) is 9.97 Å². The van der Waals surface area contributed by atoms with Gasteiger partial charge in [0.2, 0.25) is 0 Å². The lowest BCUT2D eigenvalue weighted by Gasteiger charge is -2.35. The van der Waals surface area contributed by atoms with Gasteiger partial charge in [-0.05, 0) is 24.1 Å². The number of rotatable bonds is 2. The van der Waals surface area contributed by atoms with E-state index in [1.165, 1.54) is 6.20 Å². The van der Waals surface area contributed by atoms with E-state index < -0.39 is 8.32 Å². The molecule has 0 aliphatic carbocycles. The molecule has 0 radical (unpaired) electrons. The third-order valence-electron chi connectivity index (χ3n) is 3.20. The fraction of sp³-hybridized carbons (Fsp3) is 0.538. The van der Waals surface area contributed by atoms with Crippen LogP contribution in [0.5, 0.6) is 0 Å². The van der Waals surface area contributed by atoms with Crippen LogP contribution in [-0.4, -0.2) is 24.9 Å². The number of nitrogens with zero attached hydrogens (tertiary/aromatic N) is 2. The molecular weight excluding hydrogens is 242 g/mol. The first-order valence-corrected chi connectivity index (χ1v) is 8.83. The molecule has 1 aromatic rings. The first kappa shape index (κ1) is 14.7. The average molecular weight is 263 g/mol. The van der Waals surface area contributed by atoms with Crippen LogP contribution in [0.1, 0.15) is 26.5 Å². The molecule has 0 unspecified atom stereocenters. The molecule has 0 bridgehead atoms. The topological polar surface area (TPSA) is 61.0 Å². The highest BCUT2D eigenvalue weighted by molar-refractivity contribution is 6.74. The normalized spacial score (nSPS) is 11.8. The predicted octanol–water partition coefficient (Wildman–Crippen LogP) is 2.43. The van der Waals surface area contributed by atoms with E-state index in [9.17, 15) is 0 Å². The summed E-state index contributed by atoms with van der Waals surface area (Å²) in [7, 11) is -1.71. The summed E-state index contributed by atoms with van der Waals surface area (Å²) in [6.45, 7) is 11.5. The maximum absolute atomic E-state index is 5.93. The number of hydrogen-bond acceptors (Lipinski definition) is 4. The van der Waals surface area contributed by atoms with Crippen molar-refractivity contribution in [2.24, 2.45) is 0 Å². The molecule has 0 saturated heterocycles. The fourth-order valence-corrected chi connectivity index (χ4v) is 1.83. The fourth-order valence-electron chi connectivity index (χ4n) is 0.962. The van der Waals surface area contributed by atoms with E-state index in [0.717, 1.165) is 0 Å². The van der Waals surface area contributed by atoms with Gasteiger partial charge >= 0.3 is 0 Å². The molecule has 5 heteroatoms. The molecule has 2 N–H and O–H groups in total. The number of nitrogens with two attached hydrogens (primary N) is 1. The van der Waals surface area contributed by atoms with Crippen LogP contribution < -0.4 is 5.73 Å². The standard InChI is InChI=1S/C13H21N3OSi/c1-13(2,3)18(4,5)17-8-6-7-11-9-16-12(14)10-15-11/h9-10H,8H2,1-5H3,(H2,14,16). The number of aromatic nitrogens is 2. The lowest BCUT2D eigenvalue weighted by atomic mass is 10.2. The van der Waals surface area contributed by atoms with Crippen LogP contribution in [0.4, 0.5) is 5.82 Å². The minimum Gasteiger partial charge on any atom is -0.406 e. The van der Waals surface area contributed by atoms with E-state index in [2.05, 4.69) is 55.7 Å². The molecule has 0 atom stereocenters. The van der Waals surface area contributed by atoms with Gasteiger partial charge in [-0.1, -0.05) is 26.7 Å². The summed E-state index contributed by atoms with van der Waals surface area (Å²) in [4.78, 5) is 7.98. The van der Waals surface area contributed by atoms with Crippen molar-refractivity contribution in [1.29, 1.82) is 0 Å².